The third-order valence-corrected chi connectivity index (χ3v) is 5.22. The van der Waals surface area contributed by atoms with Gasteiger partial charge in [-0.3, -0.25) is 14.2 Å². The van der Waals surface area contributed by atoms with Gasteiger partial charge in [0.2, 0.25) is 0 Å². The van der Waals surface area contributed by atoms with Crippen LogP contribution in [0.4, 0.5) is 0 Å². The second kappa shape index (κ2) is 10.2. The molecule has 0 saturated heterocycles. The standard InChI is InChI=1S/C22H25N3O5S/c1-28-11-5-10-25-21(27)16-9-8-14(12-17(16)24-22(25)31)20(26)23-13-15-6-4-7-18(29-2)19(15)30-3/h4,6-9,12H,5,10-11,13H2,1-3H3,(H,23,26)(H,24,31). The molecule has 9 heteroatoms. The Hall–Kier alpha value is -3.17. The normalized spacial score (nSPS) is 10.8. The van der Waals surface area contributed by atoms with E-state index in [1.54, 1.807) is 45.6 Å². The Morgan fingerprint density at radius 2 is 1.97 bits per heavy atom. The van der Waals surface area contributed by atoms with Crippen LogP contribution < -0.4 is 20.3 Å². The van der Waals surface area contributed by atoms with Crippen molar-refractivity contribution in [3.8, 4) is 11.5 Å². The molecule has 3 aromatic rings. The first kappa shape index (κ1) is 22.5. The van der Waals surface area contributed by atoms with Crippen LogP contribution in [0.15, 0.2) is 41.2 Å². The van der Waals surface area contributed by atoms with Crippen molar-refractivity contribution < 1.29 is 19.0 Å². The van der Waals surface area contributed by atoms with Crippen LogP contribution >= 0.6 is 12.2 Å². The Labute approximate surface area is 184 Å². The van der Waals surface area contributed by atoms with E-state index in [1.165, 1.54) is 4.57 Å². The molecule has 31 heavy (non-hydrogen) atoms. The second-order valence-electron chi connectivity index (χ2n) is 6.83. The summed E-state index contributed by atoms with van der Waals surface area (Å²) in [6.45, 7) is 1.26. The minimum absolute atomic E-state index is 0.192. The number of amides is 1. The van der Waals surface area contributed by atoms with Crippen molar-refractivity contribution >= 4 is 29.0 Å². The number of H-pyrrole nitrogens is 1. The van der Waals surface area contributed by atoms with Crippen LogP contribution in [-0.4, -0.2) is 43.4 Å². The van der Waals surface area contributed by atoms with Crippen molar-refractivity contribution in [2.75, 3.05) is 27.9 Å². The van der Waals surface area contributed by atoms with Gasteiger partial charge >= 0.3 is 0 Å². The topological polar surface area (TPSA) is 94.6 Å². The number of para-hydroxylation sites is 1. The lowest BCUT2D eigenvalue weighted by Crippen LogP contribution is -2.25. The van der Waals surface area contributed by atoms with Gasteiger partial charge in [0.15, 0.2) is 16.3 Å². The fourth-order valence-electron chi connectivity index (χ4n) is 3.34. The number of carbonyl (C=O) groups excluding carboxylic acids is 1. The zero-order chi connectivity index (χ0) is 22.4. The molecule has 1 aromatic heterocycles. The van der Waals surface area contributed by atoms with E-state index < -0.39 is 0 Å². The fourth-order valence-corrected chi connectivity index (χ4v) is 3.62. The first-order chi connectivity index (χ1) is 15.0. The molecule has 0 saturated carbocycles. The second-order valence-corrected chi connectivity index (χ2v) is 7.22. The number of ether oxygens (including phenoxy) is 3. The minimum Gasteiger partial charge on any atom is -0.493 e. The van der Waals surface area contributed by atoms with Gasteiger partial charge in [-0.2, -0.15) is 0 Å². The third kappa shape index (κ3) is 4.95. The van der Waals surface area contributed by atoms with Crippen molar-refractivity contribution in [1.82, 2.24) is 14.9 Å². The molecular formula is C22H25N3O5S. The average Bonchev–Trinajstić information content (AvgIpc) is 2.78. The predicted octanol–water partition coefficient (Wildman–Crippen LogP) is 3.04. The molecule has 0 aliphatic rings. The summed E-state index contributed by atoms with van der Waals surface area (Å²) in [6.07, 6.45) is 0.674. The van der Waals surface area contributed by atoms with Crippen molar-refractivity contribution in [3.63, 3.8) is 0 Å². The number of fused-ring (bicyclic) bond motifs is 1. The molecule has 0 radical (unpaired) electrons. The summed E-state index contributed by atoms with van der Waals surface area (Å²) >= 11 is 5.33. The largest absolute Gasteiger partial charge is 0.493 e. The Morgan fingerprint density at radius 1 is 1.16 bits per heavy atom. The molecule has 0 aliphatic carbocycles. The lowest BCUT2D eigenvalue weighted by atomic mass is 10.1. The molecule has 0 spiro atoms. The summed E-state index contributed by atoms with van der Waals surface area (Å²) in [5.74, 6) is 0.881. The Bertz CT molecular complexity index is 1200. The van der Waals surface area contributed by atoms with E-state index in [-0.39, 0.29) is 18.0 Å². The fraction of sp³-hybridized carbons (Fsp3) is 0.318. The maximum Gasteiger partial charge on any atom is 0.262 e. The minimum atomic E-state index is -0.282. The van der Waals surface area contributed by atoms with Gasteiger partial charge < -0.3 is 24.5 Å². The van der Waals surface area contributed by atoms with E-state index in [0.717, 1.165) is 5.56 Å². The Morgan fingerprint density at radius 3 is 2.68 bits per heavy atom. The predicted molar refractivity (Wildman–Crippen MR) is 121 cm³/mol. The van der Waals surface area contributed by atoms with Gasteiger partial charge in [-0.25, -0.2) is 0 Å². The summed E-state index contributed by atoms with van der Waals surface area (Å²) in [5, 5.41) is 3.34. The molecular weight excluding hydrogens is 418 g/mol. The maximum atomic E-state index is 12.8. The third-order valence-electron chi connectivity index (χ3n) is 4.90. The lowest BCUT2D eigenvalue weighted by molar-refractivity contribution is 0.0950. The van der Waals surface area contributed by atoms with Crippen LogP contribution in [0.25, 0.3) is 10.9 Å². The van der Waals surface area contributed by atoms with Crippen molar-refractivity contribution in [2.24, 2.45) is 0 Å². The summed E-state index contributed by atoms with van der Waals surface area (Å²) in [7, 11) is 4.72. The SMILES string of the molecule is COCCCn1c(=S)[nH]c2cc(C(=O)NCc3cccc(OC)c3OC)ccc2c1=O. The number of benzene rings is 2. The first-order valence-corrected chi connectivity index (χ1v) is 10.1. The van der Waals surface area contributed by atoms with Gasteiger partial charge in [-0.1, -0.05) is 12.1 Å². The molecule has 0 unspecified atom stereocenters. The van der Waals surface area contributed by atoms with Gasteiger partial charge in [-0.15, -0.1) is 0 Å². The summed E-state index contributed by atoms with van der Waals surface area (Å²) in [4.78, 5) is 28.5. The van der Waals surface area contributed by atoms with Crippen LogP contribution in [0, 0.1) is 4.77 Å². The molecule has 1 heterocycles. The zero-order valence-electron chi connectivity index (χ0n) is 17.7. The Balaban J connectivity index is 1.82. The number of carbonyl (C=O) groups is 1. The molecule has 0 bridgehead atoms. The van der Waals surface area contributed by atoms with E-state index >= 15 is 0 Å². The quantitative estimate of drug-likeness (QED) is 0.390. The molecule has 1 amide bonds. The number of aromatic nitrogens is 2. The first-order valence-electron chi connectivity index (χ1n) is 9.74. The molecule has 0 aliphatic heterocycles. The number of methoxy groups -OCH3 is 3. The van der Waals surface area contributed by atoms with Crippen molar-refractivity contribution in [2.45, 2.75) is 19.5 Å². The highest BCUT2D eigenvalue weighted by molar-refractivity contribution is 7.71. The average molecular weight is 444 g/mol. The number of aromatic amines is 1. The molecule has 2 N–H and O–H groups in total. The molecule has 2 aromatic carbocycles. The van der Waals surface area contributed by atoms with Crippen molar-refractivity contribution in [1.29, 1.82) is 0 Å². The zero-order valence-corrected chi connectivity index (χ0v) is 18.5. The maximum absolute atomic E-state index is 12.8. The van der Waals surface area contributed by atoms with Crippen LogP contribution in [-0.2, 0) is 17.8 Å². The van der Waals surface area contributed by atoms with Gasteiger partial charge in [0.1, 0.15) is 0 Å². The molecule has 0 atom stereocenters. The number of nitrogens with zero attached hydrogens (tertiary/aromatic N) is 1. The molecule has 8 nitrogen and oxygen atoms in total. The van der Waals surface area contributed by atoms with E-state index in [2.05, 4.69) is 10.3 Å². The summed E-state index contributed by atoms with van der Waals surface area (Å²) in [6, 6.07) is 10.4. The van der Waals surface area contributed by atoms with Crippen LogP contribution in [0.5, 0.6) is 11.5 Å². The molecule has 164 valence electrons. The molecule has 0 fully saturated rings. The van der Waals surface area contributed by atoms with E-state index in [4.69, 9.17) is 26.4 Å². The molecule has 3 rings (SSSR count). The number of hydrogen-bond donors (Lipinski definition) is 2. The van der Waals surface area contributed by atoms with Crippen molar-refractivity contribution in [3.05, 3.63) is 62.6 Å². The Kier molecular flexibility index (Phi) is 7.43. The summed E-state index contributed by atoms with van der Waals surface area (Å²) < 4.78 is 17.5. The van der Waals surface area contributed by atoms with Gasteiger partial charge in [0.05, 0.1) is 25.1 Å². The lowest BCUT2D eigenvalue weighted by Gasteiger charge is -2.13. The van der Waals surface area contributed by atoms with E-state index in [1.807, 2.05) is 12.1 Å². The van der Waals surface area contributed by atoms with Crippen LogP contribution in [0.2, 0.25) is 0 Å². The van der Waals surface area contributed by atoms with Crippen LogP contribution in [0.1, 0.15) is 22.3 Å². The number of nitrogens with one attached hydrogen (secondary N) is 2. The summed E-state index contributed by atoms with van der Waals surface area (Å²) in [5.41, 5.74) is 1.53. The van der Waals surface area contributed by atoms with Gasteiger partial charge in [-0.05, 0) is 42.9 Å². The van der Waals surface area contributed by atoms with Gasteiger partial charge in [0.25, 0.3) is 11.5 Å². The number of hydrogen-bond acceptors (Lipinski definition) is 6. The van der Waals surface area contributed by atoms with E-state index in [0.29, 0.717) is 52.3 Å². The highest BCUT2D eigenvalue weighted by Crippen LogP contribution is 2.30. The van der Waals surface area contributed by atoms with Crippen LogP contribution in [0.3, 0.4) is 0 Å². The van der Waals surface area contributed by atoms with Gasteiger partial charge in [0, 0.05) is 37.9 Å². The number of rotatable bonds is 9. The monoisotopic (exact) mass is 443 g/mol. The highest BCUT2D eigenvalue weighted by atomic mass is 32.1. The smallest absolute Gasteiger partial charge is 0.262 e. The van der Waals surface area contributed by atoms with E-state index in [9.17, 15) is 9.59 Å². The highest BCUT2D eigenvalue weighted by Gasteiger charge is 2.13.